The maximum atomic E-state index is 12.1. The summed E-state index contributed by atoms with van der Waals surface area (Å²) in [5.41, 5.74) is 1.04. The van der Waals surface area contributed by atoms with Crippen LogP contribution in [0.15, 0.2) is 18.3 Å². The first-order chi connectivity index (χ1) is 8.99. The third-order valence-electron chi connectivity index (χ3n) is 4.10. The molecule has 4 nitrogen and oxygen atoms in total. The van der Waals surface area contributed by atoms with Crippen molar-refractivity contribution in [1.29, 1.82) is 0 Å². The molecule has 0 saturated heterocycles. The molecule has 0 unspecified atom stereocenters. The van der Waals surface area contributed by atoms with Crippen LogP contribution in [0.1, 0.15) is 45.2 Å². The van der Waals surface area contributed by atoms with Crippen LogP contribution in [0, 0.1) is 5.92 Å². The first-order valence-electron chi connectivity index (χ1n) is 7.09. The quantitative estimate of drug-likeness (QED) is 0.778. The number of aliphatic hydroxyl groups is 1. The molecule has 1 aliphatic carbocycles. The fourth-order valence-corrected chi connectivity index (χ4v) is 2.64. The maximum Gasteiger partial charge on any atom is 0.223 e. The molecular formula is C15H24N2O2. The number of carbonyl (C=O) groups is 1. The minimum Gasteiger partial charge on any atom is -0.393 e. The van der Waals surface area contributed by atoms with Gasteiger partial charge in [0.25, 0.3) is 0 Å². The lowest BCUT2D eigenvalue weighted by Gasteiger charge is -2.28. The lowest BCUT2D eigenvalue weighted by Crippen LogP contribution is -2.41. The standard InChI is InChI=1S/C15H24N2O2/c1-15(2,13-4-3-9-16-13)10-17-14(19)11-5-7-12(18)8-6-11/h3-4,9,11-12,16,18H,5-8,10H2,1-2H3,(H,17,19). The Morgan fingerprint density at radius 3 is 2.68 bits per heavy atom. The van der Waals surface area contributed by atoms with Gasteiger partial charge in [-0.25, -0.2) is 0 Å². The summed E-state index contributed by atoms with van der Waals surface area (Å²) in [6.07, 6.45) is 4.79. The molecule has 0 radical (unpaired) electrons. The Morgan fingerprint density at radius 1 is 1.42 bits per heavy atom. The summed E-state index contributed by atoms with van der Waals surface area (Å²) in [4.78, 5) is 15.3. The van der Waals surface area contributed by atoms with Crippen LogP contribution >= 0.6 is 0 Å². The van der Waals surface area contributed by atoms with Gasteiger partial charge in [-0.05, 0) is 37.8 Å². The normalized spacial score (nSPS) is 24.2. The summed E-state index contributed by atoms with van der Waals surface area (Å²) < 4.78 is 0. The number of aromatic nitrogens is 1. The van der Waals surface area contributed by atoms with E-state index in [1.54, 1.807) is 0 Å². The average Bonchev–Trinajstić information content (AvgIpc) is 2.91. The van der Waals surface area contributed by atoms with Crippen molar-refractivity contribution in [2.75, 3.05) is 6.54 Å². The van der Waals surface area contributed by atoms with Gasteiger partial charge < -0.3 is 15.4 Å². The molecule has 19 heavy (non-hydrogen) atoms. The Labute approximate surface area is 114 Å². The third-order valence-corrected chi connectivity index (χ3v) is 4.10. The first-order valence-corrected chi connectivity index (χ1v) is 7.09. The molecule has 0 bridgehead atoms. The summed E-state index contributed by atoms with van der Waals surface area (Å²) in [7, 11) is 0. The van der Waals surface area contributed by atoms with Crippen LogP contribution in [0.2, 0.25) is 0 Å². The first kappa shape index (κ1) is 14.1. The van der Waals surface area contributed by atoms with Gasteiger partial charge >= 0.3 is 0 Å². The third kappa shape index (κ3) is 3.60. The highest BCUT2D eigenvalue weighted by Crippen LogP contribution is 2.25. The minimum atomic E-state index is -0.209. The lowest BCUT2D eigenvalue weighted by atomic mass is 9.85. The summed E-state index contributed by atoms with van der Waals surface area (Å²) in [5, 5.41) is 12.5. The average molecular weight is 264 g/mol. The monoisotopic (exact) mass is 264 g/mol. The molecule has 0 atom stereocenters. The molecule has 0 aromatic carbocycles. The van der Waals surface area contributed by atoms with Crippen LogP contribution in [0.25, 0.3) is 0 Å². The van der Waals surface area contributed by atoms with Crippen LogP contribution in [-0.2, 0) is 10.2 Å². The summed E-state index contributed by atoms with van der Waals surface area (Å²) >= 11 is 0. The Hall–Kier alpha value is -1.29. The topological polar surface area (TPSA) is 65.1 Å². The Morgan fingerprint density at radius 2 is 2.11 bits per heavy atom. The highest BCUT2D eigenvalue weighted by molar-refractivity contribution is 5.78. The minimum absolute atomic E-state index is 0.0721. The molecule has 1 aliphatic rings. The van der Waals surface area contributed by atoms with Crippen LogP contribution in [-0.4, -0.2) is 28.6 Å². The van der Waals surface area contributed by atoms with Crippen LogP contribution < -0.4 is 5.32 Å². The number of amides is 1. The van der Waals surface area contributed by atoms with Gasteiger partial charge in [-0.2, -0.15) is 0 Å². The van der Waals surface area contributed by atoms with Gasteiger partial charge in [-0.15, -0.1) is 0 Å². The number of hydrogen-bond donors (Lipinski definition) is 3. The van der Waals surface area contributed by atoms with Gasteiger partial charge in [-0.3, -0.25) is 4.79 Å². The second kappa shape index (κ2) is 5.78. The second-order valence-electron chi connectivity index (χ2n) is 6.19. The van der Waals surface area contributed by atoms with Gasteiger partial charge in [-0.1, -0.05) is 13.8 Å². The highest BCUT2D eigenvalue weighted by atomic mass is 16.3. The van der Waals surface area contributed by atoms with Gasteiger partial charge in [0.05, 0.1) is 6.10 Å². The van der Waals surface area contributed by atoms with Gasteiger partial charge in [0, 0.05) is 29.8 Å². The molecule has 1 aromatic heterocycles. The fraction of sp³-hybridized carbons (Fsp3) is 0.667. The van der Waals surface area contributed by atoms with Crippen molar-refractivity contribution in [2.24, 2.45) is 5.92 Å². The van der Waals surface area contributed by atoms with Gasteiger partial charge in [0.1, 0.15) is 0 Å². The predicted molar refractivity (Wildman–Crippen MR) is 74.8 cm³/mol. The van der Waals surface area contributed by atoms with Gasteiger partial charge in [0.2, 0.25) is 5.91 Å². The fourth-order valence-electron chi connectivity index (χ4n) is 2.64. The van der Waals surface area contributed by atoms with Gasteiger partial charge in [0.15, 0.2) is 0 Å². The Balaban J connectivity index is 1.83. The molecule has 0 spiro atoms. The molecule has 1 saturated carbocycles. The van der Waals surface area contributed by atoms with E-state index in [0.717, 1.165) is 31.4 Å². The van der Waals surface area contributed by atoms with Crippen molar-refractivity contribution in [3.05, 3.63) is 24.0 Å². The molecule has 0 aliphatic heterocycles. The van der Waals surface area contributed by atoms with E-state index in [9.17, 15) is 9.90 Å². The zero-order valence-electron chi connectivity index (χ0n) is 11.8. The van der Waals surface area contributed by atoms with Crippen molar-refractivity contribution in [2.45, 2.75) is 51.0 Å². The number of rotatable bonds is 4. The highest BCUT2D eigenvalue weighted by Gasteiger charge is 2.27. The van der Waals surface area contributed by atoms with Crippen LogP contribution in [0.3, 0.4) is 0 Å². The summed E-state index contributed by atoms with van der Waals surface area (Å²) in [5.74, 6) is 0.203. The van der Waals surface area contributed by atoms with E-state index in [1.807, 2.05) is 18.3 Å². The van der Waals surface area contributed by atoms with E-state index in [1.165, 1.54) is 0 Å². The van der Waals surface area contributed by atoms with Crippen molar-refractivity contribution in [3.63, 3.8) is 0 Å². The Kier molecular flexibility index (Phi) is 4.30. The van der Waals surface area contributed by atoms with E-state index < -0.39 is 0 Å². The molecule has 4 heteroatoms. The molecule has 1 aromatic rings. The molecule has 3 N–H and O–H groups in total. The molecule has 106 valence electrons. The van der Waals surface area contributed by atoms with E-state index in [4.69, 9.17) is 0 Å². The zero-order valence-corrected chi connectivity index (χ0v) is 11.8. The van der Waals surface area contributed by atoms with Crippen molar-refractivity contribution in [3.8, 4) is 0 Å². The Bertz CT molecular complexity index is 404. The molecule has 2 rings (SSSR count). The van der Waals surface area contributed by atoms with Crippen molar-refractivity contribution < 1.29 is 9.90 Å². The predicted octanol–water partition coefficient (Wildman–Crippen LogP) is 1.96. The largest absolute Gasteiger partial charge is 0.393 e. The number of aliphatic hydroxyl groups excluding tert-OH is 1. The molecule has 1 fully saturated rings. The smallest absolute Gasteiger partial charge is 0.223 e. The number of carbonyl (C=O) groups excluding carboxylic acids is 1. The van der Waals surface area contributed by atoms with E-state index in [0.29, 0.717) is 6.54 Å². The number of aromatic amines is 1. The van der Waals surface area contributed by atoms with Crippen LogP contribution in [0.5, 0.6) is 0 Å². The van der Waals surface area contributed by atoms with Crippen molar-refractivity contribution in [1.82, 2.24) is 10.3 Å². The zero-order chi connectivity index (χ0) is 13.9. The number of hydrogen-bond acceptors (Lipinski definition) is 2. The van der Waals surface area contributed by atoms with E-state index >= 15 is 0 Å². The van der Waals surface area contributed by atoms with E-state index in [-0.39, 0.29) is 23.3 Å². The van der Waals surface area contributed by atoms with E-state index in [2.05, 4.69) is 24.1 Å². The lowest BCUT2D eigenvalue weighted by molar-refractivity contribution is -0.126. The number of H-pyrrole nitrogens is 1. The number of nitrogens with one attached hydrogen (secondary N) is 2. The molecule has 1 heterocycles. The molecule has 1 amide bonds. The van der Waals surface area contributed by atoms with Crippen LogP contribution in [0.4, 0.5) is 0 Å². The summed E-state index contributed by atoms with van der Waals surface area (Å²) in [6, 6.07) is 4.02. The van der Waals surface area contributed by atoms with Crippen molar-refractivity contribution >= 4 is 5.91 Å². The second-order valence-corrected chi connectivity index (χ2v) is 6.19. The maximum absolute atomic E-state index is 12.1. The molecular weight excluding hydrogens is 240 g/mol. The SMILES string of the molecule is CC(C)(CNC(=O)C1CCC(O)CC1)c1ccc[nH]1. The summed E-state index contributed by atoms with van der Waals surface area (Å²) in [6.45, 7) is 4.86.